The van der Waals surface area contributed by atoms with Crippen LogP contribution in [0.15, 0.2) is 52.9 Å². The van der Waals surface area contributed by atoms with E-state index in [2.05, 4.69) is 5.32 Å². The first-order valence-corrected chi connectivity index (χ1v) is 10.4. The van der Waals surface area contributed by atoms with Crippen LogP contribution in [0.2, 0.25) is 5.02 Å². The fourth-order valence-electron chi connectivity index (χ4n) is 2.82. The van der Waals surface area contributed by atoms with Gasteiger partial charge in [0, 0.05) is 22.9 Å². The van der Waals surface area contributed by atoms with Crippen molar-refractivity contribution in [3.05, 3.63) is 82.0 Å². The number of ether oxygens (including phenoxy) is 2. The van der Waals surface area contributed by atoms with Crippen molar-refractivity contribution in [1.29, 1.82) is 0 Å². The zero-order valence-electron chi connectivity index (χ0n) is 15.2. The molecule has 0 unspecified atom stereocenters. The average molecular weight is 434 g/mol. The molecule has 0 fully saturated rings. The Labute approximate surface area is 176 Å². The van der Waals surface area contributed by atoms with Gasteiger partial charge >= 0.3 is 0 Å². The Morgan fingerprint density at radius 1 is 1.10 bits per heavy atom. The van der Waals surface area contributed by atoms with Gasteiger partial charge in [0.05, 0.1) is 5.75 Å². The summed E-state index contributed by atoms with van der Waals surface area (Å²) in [6.07, 6.45) is 0. The van der Waals surface area contributed by atoms with Crippen molar-refractivity contribution in [2.24, 2.45) is 0 Å². The highest BCUT2D eigenvalue weighted by Gasteiger charge is 2.15. The van der Waals surface area contributed by atoms with Crippen LogP contribution < -0.4 is 14.8 Å². The lowest BCUT2D eigenvalue weighted by Crippen LogP contribution is -2.22. The Hall–Kier alpha value is -2.64. The molecule has 3 aromatic rings. The summed E-state index contributed by atoms with van der Waals surface area (Å²) >= 11 is 7.49. The molecular weight excluding hydrogens is 417 g/mol. The van der Waals surface area contributed by atoms with E-state index in [-0.39, 0.29) is 24.3 Å². The molecule has 1 aromatic heterocycles. The van der Waals surface area contributed by atoms with Gasteiger partial charge in [-0.25, -0.2) is 4.39 Å². The molecule has 0 saturated heterocycles. The van der Waals surface area contributed by atoms with Crippen LogP contribution in [0.1, 0.15) is 27.4 Å². The molecule has 4 rings (SSSR count). The Bertz CT molecular complexity index is 1020. The number of thioether (sulfide) groups is 1. The number of fused-ring (bicyclic) bond motifs is 1. The predicted molar refractivity (Wildman–Crippen MR) is 109 cm³/mol. The topological polar surface area (TPSA) is 60.7 Å². The summed E-state index contributed by atoms with van der Waals surface area (Å²) in [7, 11) is 0. The summed E-state index contributed by atoms with van der Waals surface area (Å²) < 4.78 is 30.0. The van der Waals surface area contributed by atoms with Crippen molar-refractivity contribution < 1.29 is 23.1 Å². The van der Waals surface area contributed by atoms with Crippen LogP contribution in [0.4, 0.5) is 4.39 Å². The molecule has 1 N–H and O–H groups in total. The number of hydrogen-bond acceptors (Lipinski definition) is 5. The molecule has 1 aliphatic rings. The van der Waals surface area contributed by atoms with Crippen LogP contribution in [0, 0.1) is 5.82 Å². The minimum Gasteiger partial charge on any atom is -0.455 e. The van der Waals surface area contributed by atoms with Gasteiger partial charge in [0.25, 0.3) is 5.91 Å². The maximum atomic E-state index is 13.8. The molecule has 5 nitrogen and oxygen atoms in total. The third kappa shape index (κ3) is 4.68. The van der Waals surface area contributed by atoms with Gasteiger partial charge in [0.1, 0.15) is 11.6 Å². The summed E-state index contributed by atoms with van der Waals surface area (Å²) in [5, 5.41) is 3.22. The van der Waals surface area contributed by atoms with E-state index in [4.69, 9.17) is 25.5 Å². The number of nitrogens with one attached hydrogen (secondary N) is 1. The number of carbonyl (C=O) groups is 1. The van der Waals surface area contributed by atoms with Gasteiger partial charge in [-0.1, -0.05) is 23.7 Å². The number of benzene rings is 2. The molecule has 1 amide bonds. The highest BCUT2D eigenvalue weighted by atomic mass is 35.5. The van der Waals surface area contributed by atoms with Crippen molar-refractivity contribution in [1.82, 2.24) is 5.32 Å². The zero-order valence-corrected chi connectivity index (χ0v) is 16.8. The number of halogens is 2. The molecule has 0 saturated carbocycles. The number of carbonyl (C=O) groups excluding carboxylic acids is 1. The maximum absolute atomic E-state index is 13.8. The van der Waals surface area contributed by atoms with Crippen molar-refractivity contribution in [3.63, 3.8) is 0 Å². The van der Waals surface area contributed by atoms with Crippen molar-refractivity contribution >= 4 is 29.3 Å². The normalized spacial score (nSPS) is 12.2. The van der Waals surface area contributed by atoms with Gasteiger partial charge < -0.3 is 19.2 Å². The molecule has 1 aliphatic heterocycles. The first kappa shape index (κ1) is 19.7. The second-order valence-electron chi connectivity index (χ2n) is 6.33. The van der Waals surface area contributed by atoms with Crippen LogP contribution in [0.3, 0.4) is 0 Å². The number of rotatable bonds is 7. The largest absolute Gasteiger partial charge is 0.455 e. The summed E-state index contributed by atoms with van der Waals surface area (Å²) in [5.41, 5.74) is 1.36. The third-order valence-corrected chi connectivity index (χ3v) is 5.66. The lowest BCUT2D eigenvalue weighted by atomic mass is 10.2. The second-order valence-corrected chi connectivity index (χ2v) is 7.72. The number of hydrogen-bond donors (Lipinski definition) is 1. The van der Waals surface area contributed by atoms with E-state index in [1.165, 1.54) is 17.8 Å². The number of amides is 1. The van der Waals surface area contributed by atoms with E-state index in [9.17, 15) is 9.18 Å². The van der Waals surface area contributed by atoms with Gasteiger partial charge in [-0.15, -0.1) is 11.8 Å². The van der Waals surface area contributed by atoms with Gasteiger partial charge in [-0.3, -0.25) is 4.79 Å². The van der Waals surface area contributed by atoms with Crippen LogP contribution in [0.25, 0.3) is 0 Å². The summed E-state index contributed by atoms with van der Waals surface area (Å²) in [4.78, 5) is 12.3. The summed E-state index contributed by atoms with van der Waals surface area (Å²) in [5.74, 6) is 2.51. The van der Waals surface area contributed by atoms with Gasteiger partial charge in [-0.05, 0) is 42.0 Å². The molecule has 0 spiro atoms. The molecule has 8 heteroatoms. The smallest absolute Gasteiger partial charge is 0.287 e. The fourth-order valence-corrected chi connectivity index (χ4v) is 4.09. The molecular formula is C21H17ClFNO4S. The van der Waals surface area contributed by atoms with E-state index in [0.717, 1.165) is 5.56 Å². The van der Waals surface area contributed by atoms with Crippen LogP contribution in [0.5, 0.6) is 11.5 Å². The van der Waals surface area contributed by atoms with Gasteiger partial charge in [0.2, 0.25) is 6.79 Å². The van der Waals surface area contributed by atoms with E-state index in [1.54, 1.807) is 24.3 Å². The summed E-state index contributed by atoms with van der Waals surface area (Å²) in [6, 6.07) is 13.5. The van der Waals surface area contributed by atoms with Crippen LogP contribution in [-0.4, -0.2) is 12.7 Å². The SMILES string of the molecule is O=C(NCc1ccc2c(c1)OCO2)c1ccc(CSCc2c(F)cccc2Cl)o1. The average Bonchev–Trinajstić information content (AvgIpc) is 3.37. The van der Waals surface area contributed by atoms with Crippen molar-refractivity contribution in [2.45, 2.75) is 18.1 Å². The van der Waals surface area contributed by atoms with Crippen molar-refractivity contribution in [2.75, 3.05) is 6.79 Å². The Morgan fingerprint density at radius 2 is 1.97 bits per heavy atom. The van der Waals surface area contributed by atoms with Crippen LogP contribution in [-0.2, 0) is 18.1 Å². The Balaban J connectivity index is 1.28. The lowest BCUT2D eigenvalue weighted by Gasteiger charge is -2.05. The second kappa shape index (κ2) is 8.80. The zero-order chi connectivity index (χ0) is 20.2. The van der Waals surface area contributed by atoms with E-state index in [1.807, 2.05) is 18.2 Å². The minimum atomic E-state index is -0.326. The molecule has 150 valence electrons. The maximum Gasteiger partial charge on any atom is 0.287 e. The fraction of sp³-hybridized carbons (Fsp3) is 0.190. The van der Waals surface area contributed by atoms with E-state index in [0.29, 0.717) is 45.9 Å². The number of furan rings is 1. The third-order valence-electron chi connectivity index (χ3n) is 4.33. The van der Waals surface area contributed by atoms with Crippen LogP contribution >= 0.6 is 23.4 Å². The molecule has 2 heterocycles. The molecule has 0 bridgehead atoms. The lowest BCUT2D eigenvalue weighted by molar-refractivity contribution is 0.0921. The highest BCUT2D eigenvalue weighted by Crippen LogP contribution is 2.32. The van der Waals surface area contributed by atoms with Gasteiger partial charge in [0.15, 0.2) is 17.3 Å². The Kier molecular flexibility index (Phi) is 5.97. The monoisotopic (exact) mass is 433 g/mol. The molecule has 0 radical (unpaired) electrons. The van der Waals surface area contributed by atoms with E-state index < -0.39 is 0 Å². The Morgan fingerprint density at radius 3 is 2.83 bits per heavy atom. The predicted octanol–water partition coefficient (Wildman–Crippen LogP) is 5.16. The van der Waals surface area contributed by atoms with E-state index >= 15 is 0 Å². The quantitative estimate of drug-likeness (QED) is 0.557. The molecule has 2 aromatic carbocycles. The molecule has 0 atom stereocenters. The highest BCUT2D eigenvalue weighted by molar-refractivity contribution is 7.97. The minimum absolute atomic E-state index is 0.210. The molecule has 0 aliphatic carbocycles. The standard InChI is InChI=1S/C21H17ClFNO4S/c22-16-2-1-3-17(23)15(16)11-29-10-14-5-7-19(28-14)21(25)24-9-13-4-6-18-20(8-13)27-12-26-18/h1-8H,9-12H2,(H,24,25). The summed E-state index contributed by atoms with van der Waals surface area (Å²) in [6.45, 7) is 0.549. The first-order chi connectivity index (χ1) is 14.1. The van der Waals surface area contributed by atoms with Gasteiger partial charge in [-0.2, -0.15) is 0 Å². The van der Waals surface area contributed by atoms with Crippen molar-refractivity contribution in [3.8, 4) is 11.5 Å². The first-order valence-electron chi connectivity index (χ1n) is 8.86. The molecule has 29 heavy (non-hydrogen) atoms.